The zero-order valence-electron chi connectivity index (χ0n) is 11.5. The third-order valence-corrected chi connectivity index (χ3v) is 3.75. The average Bonchev–Trinajstić information content (AvgIpc) is 2.41. The van der Waals surface area contributed by atoms with Gasteiger partial charge in [-0.1, -0.05) is 12.1 Å². The Bertz CT molecular complexity index is 376. The van der Waals surface area contributed by atoms with Crippen LogP contribution in [0, 0.1) is 5.82 Å². The average molecular weight is 334 g/mol. The van der Waals surface area contributed by atoms with Crippen molar-refractivity contribution in [3.8, 4) is 0 Å². The van der Waals surface area contributed by atoms with Crippen LogP contribution in [0.25, 0.3) is 0 Å². The molecule has 0 amide bonds. The molecule has 0 fully saturated rings. The molecule has 3 nitrogen and oxygen atoms in total. The Morgan fingerprint density at radius 3 is 2.58 bits per heavy atom. The molecule has 0 aromatic heterocycles. The molecule has 108 valence electrons. The van der Waals surface area contributed by atoms with Crippen LogP contribution in [-0.2, 0) is 16.0 Å². The molecule has 19 heavy (non-hydrogen) atoms. The van der Waals surface area contributed by atoms with Crippen LogP contribution in [0.15, 0.2) is 22.7 Å². The first kappa shape index (κ1) is 16.6. The van der Waals surface area contributed by atoms with E-state index in [4.69, 9.17) is 9.47 Å². The van der Waals surface area contributed by atoms with Gasteiger partial charge in [0.15, 0.2) is 0 Å². The SMILES string of the molecule is COCCCN(CCOC)Cc1cccc(F)c1Br. The van der Waals surface area contributed by atoms with Crippen molar-refractivity contribution in [1.82, 2.24) is 4.90 Å². The first-order chi connectivity index (χ1) is 9.19. The number of benzene rings is 1. The maximum Gasteiger partial charge on any atom is 0.137 e. The number of methoxy groups -OCH3 is 2. The summed E-state index contributed by atoms with van der Waals surface area (Å²) >= 11 is 3.30. The van der Waals surface area contributed by atoms with Gasteiger partial charge in [-0.2, -0.15) is 0 Å². The third kappa shape index (κ3) is 5.99. The summed E-state index contributed by atoms with van der Waals surface area (Å²) < 4.78 is 24.2. The highest BCUT2D eigenvalue weighted by Gasteiger charge is 2.10. The lowest BCUT2D eigenvalue weighted by molar-refractivity contribution is 0.129. The number of nitrogens with zero attached hydrogens (tertiary/aromatic N) is 1. The molecule has 0 saturated heterocycles. The van der Waals surface area contributed by atoms with Crippen LogP contribution in [-0.4, -0.2) is 45.4 Å². The van der Waals surface area contributed by atoms with E-state index in [0.717, 1.165) is 31.7 Å². The van der Waals surface area contributed by atoms with Crippen molar-refractivity contribution >= 4 is 15.9 Å². The normalized spacial score (nSPS) is 11.2. The molecule has 0 aliphatic carbocycles. The van der Waals surface area contributed by atoms with E-state index in [9.17, 15) is 4.39 Å². The fourth-order valence-electron chi connectivity index (χ4n) is 1.83. The Balaban J connectivity index is 2.61. The summed E-state index contributed by atoms with van der Waals surface area (Å²) in [7, 11) is 3.38. The lowest BCUT2D eigenvalue weighted by Gasteiger charge is -2.22. The summed E-state index contributed by atoms with van der Waals surface area (Å²) in [6, 6.07) is 5.13. The van der Waals surface area contributed by atoms with Crippen LogP contribution in [0.5, 0.6) is 0 Å². The van der Waals surface area contributed by atoms with Crippen molar-refractivity contribution in [3.05, 3.63) is 34.1 Å². The largest absolute Gasteiger partial charge is 0.385 e. The van der Waals surface area contributed by atoms with Gasteiger partial charge in [-0.05, 0) is 34.0 Å². The lowest BCUT2D eigenvalue weighted by Crippen LogP contribution is -2.29. The Morgan fingerprint density at radius 2 is 1.89 bits per heavy atom. The van der Waals surface area contributed by atoms with Crippen LogP contribution in [0.4, 0.5) is 4.39 Å². The molecule has 0 unspecified atom stereocenters. The topological polar surface area (TPSA) is 21.7 Å². The summed E-state index contributed by atoms with van der Waals surface area (Å²) in [5, 5.41) is 0. The molecular formula is C14H21BrFNO2. The van der Waals surface area contributed by atoms with Crippen LogP contribution < -0.4 is 0 Å². The van der Waals surface area contributed by atoms with Crippen molar-refractivity contribution in [2.75, 3.05) is 40.5 Å². The Morgan fingerprint density at radius 1 is 1.16 bits per heavy atom. The first-order valence-electron chi connectivity index (χ1n) is 6.32. The minimum Gasteiger partial charge on any atom is -0.385 e. The number of halogens is 2. The van der Waals surface area contributed by atoms with Crippen LogP contribution in [0.3, 0.4) is 0 Å². The van der Waals surface area contributed by atoms with Crippen molar-refractivity contribution < 1.29 is 13.9 Å². The van der Waals surface area contributed by atoms with E-state index in [1.807, 2.05) is 6.07 Å². The zero-order valence-corrected chi connectivity index (χ0v) is 13.1. The van der Waals surface area contributed by atoms with E-state index in [2.05, 4.69) is 20.8 Å². The molecule has 0 aliphatic heterocycles. The lowest BCUT2D eigenvalue weighted by atomic mass is 10.2. The Labute approximate surface area is 122 Å². The number of ether oxygens (including phenoxy) is 2. The summed E-state index contributed by atoms with van der Waals surface area (Å²) in [5.41, 5.74) is 0.952. The molecule has 0 radical (unpaired) electrons. The first-order valence-corrected chi connectivity index (χ1v) is 7.11. The van der Waals surface area contributed by atoms with E-state index in [1.54, 1.807) is 20.3 Å². The van der Waals surface area contributed by atoms with Crippen molar-refractivity contribution in [2.24, 2.45) is 0 Å². The second kappa shape index (κ2) is 9.42. The second-order valence-electron chi connectivity index (χ2n) is 4.33. The highest BCUT2D eigenvalue weighted by Crippen LogP contribution is 2.21. The molecule has 1 aromatic rings. The fourth-order valence-corrected chi connectivity index (χ4v) is 2.22. The quantitative estimate of drug-likeness (QED) is 0.648. The fraction of sp³-hybridized carbons (Fsp3) is 0.571. The monoisotopic (exact) mass is 333 g/mol. The number of rotatable bonds is 9. The van der Waals surface area contributed by atoms with Gasteiger partial charge in [0.2, 0.25) is 0 Å². The summed E-state index contributed by atoms with van der Waals surface area (Å²) in [4.78, 5) is 2.24. The van der Waals surface area contributed by atoms with Gasteiger partial charge in [0.05, 0.1) is 11.1 Å². The highest BCUT2D eigenvalue weighted by atomic mass is 79.9. The van der Waals surface area contributed by atoms with E-state index in [-0.39, 0.29) is 5.82 Å². The number of hydrogen-bond donors (Lipinski definition) is 0. The Hall–Kier alpha value is -0.490. The third-order valence-electron chi connectivity index (χ3n) is 2.86. The van der Waals surface area contributed by atoms with Gasteiger partial charge >= 0.3 is 0 Å². The zero-order chi connectivity index (χ0) is 14.1. The van der Waals surface area contributed by atoms with Gasteiger partial charge < -0.3 is 9.47 Å². The summed E-state index contributed by atoms with van der Waals surface area (Å²) in [5.74, 6) is -0.221. The molecule has 1 aromatic carbocycles. The molecule has 0 heterocycles. The minimum atomic E-state index is -0.221. The molecule has 0 N–H and O–H groups in total. The van der Waals surface area contributed by atoms with E-state index in [0.29, 0.717) is 17.6 Å². The summed E-state index contributed by atoms with van der Waals surface area (Å²) in [6.45, 7) is 3.82. The molecule has 0 aliphatic rings. The van der Waals surface area contributed by atoms with Gasteiger partial charge in [-0.3, -0.25) is 4.90 Å². The van der Waals surface area contributed by atoms with Crippen molar-refractivity contribution in [1.29, 1.82) is 0 Å². The molecule has 5 heteroatoms. The molecule has 0 spiro atoms. The minimum absolute atomic E-state index is 0.221. The van der Waals surface area contributed by atoms with E-state index in [1.165, 1.54) is 6.07 Å². The standard InChI is InChI=1S/C14H21BrFNO2/c1-18-9-4-7-17(8-10-19-2)11-12-5-3-6-13(16)14(12)15/h3,5-6H,4,7-11H2,1-2H3. The van der Waals surface area contributed by atoms with Gasteiger partial charge in [0.25, 0.3) is 0 Å². The predicted molar refractivity (Wildman–Crippen MR) is 77.7 cm³/mol. The second-order valence-corrected chi connectivity index (χ2v) is 5.12. The van der Waals surface area contributed by atoms with Gasteiger partial charge in [0.1, 0.15) is 5.82 Å². The van der Waals surface area contributed by atoms with Crippen molar-refractivity contribution in [3.63, 3.8) is 0 Å². The molecule has 0 bridgehead atoms. The van der Waals surface area contributed by atoms with Gasteiger partial charge in [0, 0.05) is 40.5 Å². The molecule has 0 saturated carbocycles. The van der Waals surface area contributed by atoms with E-state index >= 15 is 0 Å². The smallest absolute Gasteiger partial charge is 0.137 e. The molecule has 0 atom stereocenters. The van der Waals surface area contributed by atoms with Crippen LogP contribution in [0.1, 0.15) is 12.0 Å². The number of hydrogen-bond acceptors (Lipinski definition) is 3. The Kier molecular flexibility index (Phi) is 8.21. The van der Waals surface area contributed by atoms with Gasteiger partial charge in [-0.25, -0.2) is 4.39 Å². The van der Waals surface area contributed by atoms with E-state index < -0.39 is 0 Å². The van der Waals surface area contributed by atoms with Crippen molar-refractivity contribution in [2.45, 2.75) is 13.0 Å². The maximum absolute atomic E-state index is 13.5. The van der Waals surface area contributed by atoms with Crippen LogP contribution in [0.2, 0.25) is 0 Å². The van der Waals surface area contributed by atoms with Crippen LogP contribution >= 0.6 is 15.9 Å². The summed E-state index contributed by atoms with van der Waals surface area (Å²) in [6.07, 6.45) is 0.952. The molecule has 1 rings (SSSR count). The maximum atomic E-state index is 13.5. The predicted octanol–water partition coefficient (Wildman–Crippen LogP) is 3.07. The van der Waals surface area contributed by atoms with Gasteiger partial charge in [-0.15, -0.1) is 0 Å². The molecular weight excluding hydrogens is 313 g/mol. The highest BCUT2D eigenvalue weighted by molar-refractivity contribution is 9.10.